The first-order valence-electron chi connectivity index (χ1n) is 6.27. The number of carboxylic acid groups (broad SMARTS) is 1. The summed E-state index contributed by atoms with van der Waals surface area (Å²) in [5.74, 6) is -0.673. The maximum atomic E-state index is 11.5. The van der Waals surface area contributed by atoms with E-state index in [4.69, 9.17) is 15.6 Å². The molecule has 0 aliphatic rings. The summed E-state index contributed by atoms with van der Waals surface area (Å²) in [5.41, 5.74) is 5.37. The van der Waals surface area contributed by atoms with Gasteiger partial charge in [0.1, 0.15) is 6.10 Å². The highest BCUT2D eigenvalue weighted by molar-refractivity contribution is 5.80. The number of rotatable bonds is 10. The summed E-state index contributed by atoms with van der Waals surface area (Å²) in [7, 11) is 1.44. The molecule has 0 aromatic heterocycles. The summed E-state index contributed by atoms with van der Waals surface area (Å²) in [6.45, 7) is 2.70. The number of carbonyl (C=O) groups is 2. The van der Waals surface area contributed by atoms with Gasteiger partial charge in [-0.3, -0.25) is 9.59 Å². The Morgan fingerprint density at radius 2 is 2.06 bits per heavy atom. The maximum Gasteiger partial charge on any atom is 0.303 e. The zero-order chi connectivity index (χ0) is 14.0. The molecular weight excluding hydrogens is 236 g/mol. The van der Waals surface area contributed by atoms with Gasteiger partial charge in [0.2, 0.25) is 5.91 Å². The van der Waals surface area contributed by atoms with Crippen molar-refractivity contribution in [1.82, 2.24) is 5.32 Å². The summed E-state index contributed by atoms with van der Waals surface area (Å²) in [6.07, 6.45) is 1.90. The number of aliphatic carboxylic acids is 1. The second-order valence-electron chi connectivity index (χ2n) is 4.25. The Bertz CT molecular complexity index is 254. The zero-order valence-electron chi connectivity index (χ0n) is 11.1. The molecule has 2 unspecified atom stereocenters. The highest BCUT2D eigenvalue weighted by Crippen LogP contribution is 2.14. The lowest BCUT2D eigenvalue weighted by Crippen LogP contribution is -2.41. The Morgan fingerprint density at radius 1 is 1.39 bits per heavy atom. The summed E-state index contributed by atoms with van der Waals surface area (Å²) in [6, 6.07) is 0. The number of hydrogen-bond acceptors (Lipinski definition) is 4. The smallest absolute Gasteiger partial charge is 0.303 e. The Hall–Kier alpha value is -1.14. The number of amides is 1. The van der Waals surface area contributed by atoms with Crippen molar-refractivity contribution >= 4 is 11.9 Å². The number of ether oxygens (including phenoxy) is 1. The van der Waals surface area contributed by atoms with Crippen LogP contribution in [0.5, 0.6) is 0 Å². The fourth-order valence-electron chi connectivity index (χ4n) is 1.70. The van der Waals surface area contributed by atoms with E-state index in [0.717, 1.165) is 12.8 Å². The second kappa shape index (κ2) is 9.85. The van der Waals surface area contributed by atoms with Crippen LogP contribution in [0, 0.1) is 5.92 Å². The van der Waals surface area contributed by atoms with Crippen LogP contribution in [0.25, 0.3) is 0 Å². The fourth-order valence-corrected chi connectivity index (χ4v) is 1.70. The molecule has 6 heteroatoms. The van der Waals surface area contributed by atoms with Crippen molar-refractivity contribution in [2.75, 3.05) is 20.2 Å². The predicted octanol–water partition coefficient (Wildman–Crippen LogP) is 0.357. The molecule has 0 aromatic carbocycles. The third-order valence-corrected chi connectivity index (χ3v) is 2.99. The summed E-state index contributed by atoms with van der Waals surface area (Å²) in [5, 5.41) is 11.4. The first-order valence-corrected chi connectivity index (χ1v) is 6.27. The highest BCUT2D eigenvalue weighted by atomic mass is 16.5. The van der Waals surface area contributed by atoms with Gasteiger partial charge in [0.25, 0.3) is 0 Å². The van der Waals surface area contributed by atoms with Crippen LogP contribution in [0.2, 0.25) is 0 Å². The number of carboxylic acids is 1. The van der Waals surface area contributed by atoms with Crippen LogP contribution in [-0.2, 0) is 14.3 Å². The standard InChI is InChI=1S/C12H24N2O4/c1-3-9(4-5-11(15)16)6-7-14-12(17)10(8-13)18-2/h9-10H,3-8,13H2,1-2H3,(H,14,17)(H,15,16). The largest absolute Gasteiger partial charge is 0.481 e. The van der Waals surface area contributed by atoms with Gasteiger partial charge >= 0.3 is 5.97 Å². The van der Waals surface area contributed by atoms with E-state index in [0.29, 0.717) is 18.9 Å². The highest BCUT2D eigenvalue weighted by Gasteiger charge is 2.15. The molecule has 4 N–H and O–H groups in total. The van der Waals surface area contributed by atoms with Gasteiger partial charge in [-0.2, -0.15) is 0 Å². The lowest BCUT2D eigenvalue weighted by Gasteiger charge is -2.16. The van der Waals surface area contributed by atoms with E-state index in [9.17, 15) is 9.59 Å². The predicted molar refractivity (Wildman–Crippen MR) is 68.1 cm³/mol. The first kappa shape index (κ1) is 16.9. The summed E-state index contributed by atoms with van der Waals surface area (Å²) < 4.78 is 4.91. The SMILES string of the molecule is CCC(CCNC(=O)C(CN)OC)CCC(=O)O. The quantitative estimate of drug-likeness (QED) is 0.526. The van der Waals surface area contributed by atoms with Gasteiger partial charge in [-0.05, 0) is 18.8 Å². The van der Waals surface area contributed by atoms with Crippen LogP contribution in [0.1, 0.15) is 32.6 Å². The minimum absolute atomic E-state index is 0.151. The molecule has 18 heavy (non-hydrogen) atoms. The van der Waals surface area contributed by atoms with E-state index in [-0.39, 0.29) is 18.9 Å². The van der Waals surface area contributed by atoms with Gasteiger partial charge in [-0.25, -0.2) is 0 Å². The van der Waals surface area contributed by atoms with Gasteiger partial charge in [0, 0.05) is 26.6 Å². The van der Waals surface area contributed by atoms with Gasteiger partial charge in [-0.15, -0.1) is 0 Å². The van der Waals surface area contributed by atoms with Gasteiger partial charge in [-0.1, -0.05) is 13.3 Å². The lowest BCUT2D eigenvalue weighted by atomic mass is 9.96. The third-order valence-electron chi connectivity index (χ3n) is 2.99. The molecule has 0 saturated carbocycles. The molecule has 0 rings (SSSR count). The number of carbonyl (C=O) groups excluding carboxylic acids is 1. The molecular formula is C12H24N2O4. The molecule has 0 saturated heterocycles. The van der Waals surface area contributed by atoms with Crippen LogP contribution >= 0.6 is 0 Å². The molecule has 2 atom stereocenters. The molecule has 106 valence electrons. The van der Waals surface area contributed by atoms with Crippen molar-refractivity contribution in [3.8, 4) is 0 Å². The van der Waals surface area contributed by atoms with Crippen LogP contribution in [0.3, 0.4) is 0 Å². The van der Waals surface area contributed by atoms with E-state index in [1.807, 2.05) is 6.92 Å². The molecule has 0 aliphatic heterocycles. The molecule has 0 aromatic rings. The first-order chi connectivity index (χ1) is 8.54. The van der Waals surface area contributed by atoms with Crippen molar-refractivity contribution in [1.29, 1.82) is 0 Å². The topological polar surface area (TPSA) is 102 Å². The van der Waals surface area contributed by atoms with Crippen molar-refractivity contribution < 1.29 is 19.4 Å². The van der Waals surface area contributed by atoms with Crippen molar-refractivity contribution in [2.24, 2.45) is 11.7 Å². The second-order valence-corrected chi connectivity index (χ2v) is 4.25. The Kier molecular flexibility index (Phi) is 9.22. The van der Waals surface area contributed by atoms with E-state index >= 15 is 0 Å². The monoisotopic (exact) mass is 260 g/mol. The van der Waals surface area contributed by atoms with Crippen LogP contribution in [0.4, 0.5) is 0 Å². The summed E-state index contributed by atoms with van der Waals surface area (Å²) in [4.78, 5) is 22.0. The van der Waals surface area contributed by atoms with Crippen LogP contribution < -0.4 is 11.1 Å². The number of nitrogens with one attached hydrogen (secondary N) is 1. The van der Waals surface area contributed by atoms with Crippen molar-refractivity contribution in [2.45, 2.75) is 38.7 Å². The Balaban J connectivity index is 3.85. The van der Waals surface area contributed by atoms with Crippen molar-refractivity contribution in [3.63, 3.8) is 0 Å². The van der Waals surface area contributed by atoms with Crippen molar-refractivity contribution in [3.05, 3.63) is 0 Å². The number of hydrogen-bond donors (Lipinski definition) is 3. The molecule has 0 fully saturated rings. The van der Waals surface area contributed by atoms with Crippen LogP contribution in [0.15, 0.2) is 0 Å². The van der Waals surface area contributed by atoms with Crippen LogP contribution in [-0.4, -0.2) is 43.3 Å². The molecule has 0 aliphatic carbocycles. The number of methoxy groups -OCH3 is 1. The van der Waals surface area contributed by atoms with E-state index in [2.05, 4.69) is 5.32 Å². The molecule has 0 radical (unpaired) electrons. The molecule has 0 spiro atoms. The van der Waals surface area contributed by atoms with E-state index in [1.165, 1.54) is 7.11 Å². The normalized spacial score (nSPS) is 13.9. The zero-order valence-corrected chi connectivity index (χ0v) is 11.1. The third kappa shape index (κ3) is 7.24. The molecule has 0 heterocycles. The average Bonchev–Trinajstić information content (AvgIpc) is 2.34. The molecule has 0 bridgehead atoms. The average molecular weight is 260 g/mol. The number of nitrogens with two attached hydrogens (primary N) is 1. The Morgan fingerprint density at radius 3 is 2.50 bits per heavy atom. The van der Waals surface area contributed by atoms with Gasteiger partial charge in [0.15, 0.2) is 0 Å². The Labute approximate surface area is 108 Å². The van der Waals surface area contributed by atoms with Gasteiger partial charge < -0.3 is 20.9 Å². The summed E-state index contributed by atoms with van der Waals surface area (Å²) >= 11 is 0. The van der Waals surface area contributed by atoms with E-state index < -0.39 is 12.1 Å². The molecule has 6 nitrogen and oxygen atoms in total. The maximum absolute atomic E-state index is 11.5. The fraction of sp³-hybridized carbons (Fsp3) is 0.833. The van der Waals surface area contributed by atoms with Gasteiger partial charge in [0.05, 0.1) is 0 Å². The lowest BCUT2D eigenvalue weighted by molar-refractivity contribution is -0.137. The van der Waals surface area contributed by atoms with E-state index in [1.54, 1.807) is 0 Å². The minimum Gasteiger partial charge on any atom is -0.481 e. The minimum atomic E-state index is -0.778. The molecule has 1 amide bonds.